The minimum Gasteiger partial charge on any atom is -0.508 e. The summed E-state index contributed by atoms with van der Waals surface area (Å²) in [6, 6.07) is 26.7. The Labute approximate surface area is 215 Å². The second-order valence-electron chi connectivity index (χ2n) is 9.11. The molecule has 0 amide bonds. The zero-order chi connectivity index (χ0) is 26.6. The molecule has 0 aliphatic carbocycles. The van der Waals surface area contributed by atoms with Crippen LogP contribution in [-0.4, -0.2) is 48.5 Å². The maximum atomic E-state index is 13.2. The SMILES string of the molecule is CCC(=O)C(CC(C)N(C)C)(c1ccccc1)c1ccccc1.CCCOC(=O)c1ccc(O)cc1. The van der Waals surface area contributed by atoms with Gasteiger partial charge in [-0.1, -0.05) is 74.5 Å². The van der Waals surface area contributed by atoms with Crippen molar-refractivity contribution in [3.05, 3.63) is 102 Å². The van der Waals surface area contributed by atoms with Gasteiger partial charge in [-0.2, -0.15) is 0 Å². The average molecular weight is 490 g/mol. The Bertz CT molecular complexity index is 1020. The van der Waals surface area contributed by atoms with Gasteiger partial charge in [-0.05, 0) is 69.3 Å². The number of ketones is 1. The van der Waals surface area contributed by atoms with Crippen LogP contribution in [0.5, 0.6) is 5.75 Å². The second-order valence-corrected chi connectivity index (χ2v) is 9.11. The molecular weight excluding hydrogens is 450 g/mol. The van der Waals surface area contributed by atoms with Crippen LogP contribution in [0.25, 0.3) is 0 Å². The van der Waals surface area contributed by atoms with Gasteiger partial charge in [0.15, 0.2) is 0 Å². The topological polar surface area (TPSA) is 66.8 Å². The Kier molecular flexibility index (Phi) is 11.4. The van der Waals surface area contributed by atoms with Gasteiger partial charge in [-0.3, -0.25) is 4.79 Å². The third kappa shape index (κ3) is 7.53. The van der Waals surface area contributed by atoms with Crippen molar-refractivity contribution >= 4 is 11.8 Å². The van der Waals surface area contributed by atoms with E-state index in [9.17, 15) is 9.59 Å². The smallest absolute Gasteiger partial charge is 0.338 e. The molecule has 1 atom stereocenters. The van der Waals surface area contributed by atoms with Gasteiger partial charge in [0, 0.05) is 12.5 Å². The van der Waals surface area contributed by atoms with E-state index in [0.717, 1.165) is 24.0 Å². The lowest BCUT2D eigenvalue weighted by atomic mass is 9.67. The van der Waals surface area contributed by atoms with E-state index >= 15 is 0 Å². The van der Waals surface area contributed by atoms with Gasteiger partial charge < -0.3 is 14.7 Å². The summed E-state index contributed by atoms with van der Waals surface area (Å²) < 4.78 is 4.90. The minimum atomic E-state index is -0.582. The molecule has 3 aromatic carbocycles. The molecule has 0 aliphatic heterocycles. The molecular formula is C31H39NO4. The van der Waals surface area contributed by atoms with Crippen LogP contribution in [0.3, 0.4) is 0 Å². The largest absolute Gasteiger partial charge is 0.508 e. The lowest BCUT2D eigenvalue weighted by molar-refractivity contribution is -0.123. The second kappa shape index (κ2) is 14.2. The number of ether oxygens (including phenoxy) is 1. The fourth-order valence-electron chi connectivity index (χ4n) is 4.09. The molecule has 3 aromatic rings. The summed E-state index contributed by atoms with van der Waals surface area (Å²) in [5.74, 6) is 0.0810. The van der Waals surface area contributed by atoms with Crippen molar-refractivity contribution < 1.29 is 19.4 Å². The number of hydrogen-bond acceptors (Lipinski definition) is 5. The van der Waals surface area contributed by atoms with Crippen molar-refractivity contribution in [3.63, 3.8) is 0 Å². The zero-order valence-electron chi connectivity index (χ0n) is 22.1. The number of hydrogen-bond donors (Lipinski definition) is 1. The van der Waals surface area contributed by atoms with Crippen molar-refractivity contribution in [2.24, 2.45) is 0 Å². The van der Waals surface area contributed by atoms with Crippen molar-refractivity contribution in [3.8, 4) is 5.75 Å². The molecule has 192 valence electrons. The molecule has 0 bridgehead atoms. The third-order valence-corrected chi connectivity index (χ3v) is 6.35. The lowest BCUT2D eigenvalue weighted by Crippen LogP contribution is -2.42. The highest BCUT2D eigenvalue weighted by molar-refractivity contribution is 5.93. The summed E-state index contributed by atoms with van der Waals surface area (Å²) in [4.78, 5) is 26.6. The van der Waals surface area contributed by atoms with E-state index in [-0.39, 0.29) is 17.5 Å². The van der Waals surface area contributed by atoms with Crippen LogP contribution in [0.1, 0.15) is 61.5 Å². The number of Topliss-reactive ketones (excluding diaryl/α,β-unsaturated/α-hetero) is 1. The molecule has 0 spiro atoms. The highest BCUT2D eigenvalue weighted by Crippen LogP contribution is 2.39. The molecule has 0 saturated carbocycles. The van der Waals surface area contributed by atoms with Gasteiger partial charge in [-0.15, -0.1) is 0 Å². The van der Waals surface area contributed by atoms with E-state index in [1.165, 1.54) is 24.3 Å². The first-order chi connectivity index (χ1) is 17.3. The molecule has 5 heteroatoms. The van der Waals surface area contributed by atoms with Crippen LogP contribution >= 0.6 is 0 Å². The Morgan fingerprint density at radius 1 is 0.861 bits per heavy atom. The van der Waals surface area contributed by atoms with E-state index in [4.69, 9.17) is 9.84 Å². The fraction of sp³-hybridized carbons (Fsp3) is 0.355. The van der Waals surface area contributed by atoms with Gasteiger partial charge in [-0.25, -0.2) is 4.79 Å². The first-order valence-electron chi connectivity index (χ1n) is 12.5. The van der Waals surface area contributed by atoms with Gasteiger partial charge in [0.2, 0.25) is 0 Å². The number of carbonyl (C=O) groups is 2. The predicted molar refractivity (Wildman–Crippen MR) is 145 cm³/mol. The molecule has 1 N–H and O–H groups in total. The van der Waals surface area contributed by atoms with Crippen molar-refractivity contribution in [2.75, 3.05) is 20.7 Å². The Morgan fingerprint density at radius 2 is 1.36 bits per heavy atom. The normalized spacial score (nSPS) is 11.8. The summed E-state index contributed by atoms with van der Waals surface area (Å²) in [5.41, 5.74) is 2.06. The standard InChI is InChI=1S/C21H27NO.C10H12O3/c1-5-20(23)21(16-17(2)22(3)4,18-12-8-6-9-13-18)19-14-10-7-11-15-19;1-2-7-13-10(12)8-3-5-9(11)6-4-8/h6-15,17H,5,16H2,1-4H3;3-6,11H,2,7H2,1H3. The molecule has 1 unspecified atom stereocenters. The van der Waals surface area contributed by atoms with E-state index in [0.29, 0.717) is 24.6 Å². The lowest BCUT2D eigenvalue weighted by Gasteiger charge is -2.37. The van der Waals surface area contributed by atoms with Crippen LogP contribution in [0, 0.1) is 0 Å². The zero-order valence-corrected chi connectivity index (χ0v) is 22.1. The van der Waals surface area contributed by atoms with Crippen molar-refractivity contribution in [2.45, 2.75) is 51.5 Å². The molecule has 5 nitrogen and oxygen atoms in total. The Hall–Kier alpha value is -3.44. The molecule has 0 saturated heterocycles. The van der Waals surface area contributed by atoms with Gasteiger partial charge in [0.25, 0.3) is 0 Å². The van der Waals surface area contributed by atoms with Crippen LogP contribution < -0.4 is 0 Å². The first kappa shape index (κ1) is 28.8. The first-order valence-corrected chi connectivity index (χ1v) is 12.5. The number of nitrogens with zero attached hydrogens (tertiary/aromatic N) is 1. The monoisotopic (exact) mass is 489 g/mol. The van der Waals surface area contributed by atoms with E-state index in [1.54, 1.807) is 0 Å². The highest BCUT2D eigenvalue weighted by Gasteiger charge is 2.41. The molecule has 0 fully saturated rings. The number of phenols is 1. The summed E-state index contributed by atoms with van der Waals surface area (Å²) in [5, 5.41) is 8.96. The third-order valence-electron chi connectivity index (χ3n) is 6.35. The van der Waals surface area contributed by atoms with Gasteiger partial charge >= 0.3 is 5.97 Å². The van der Waals surface area contributed by atoms with Crippen molar-refractivity contribution in [1.29, 1.82) is 0 Å². The predicted octanol–water partition coefficient (Wildman–Crippen LogP) is 6.25. The van der Waals surface area contributed by atoms with E-state index in [1.807, 2.05) is 50.2 Å². The van der Waals surface area contributed by atoms with Crippen LogP contribution in [0.4, 0.5) is 0 Å². The average Bonchev–Trinajstić information content (AvgIpc) is 2.91. The molecule has 0 radical (unpaired) electrons. The van der Waals surface area contributed by atoms with Crippen molar-refractivity contribution in [1.82, 2.24) is 4.90 Å². The van der Waals surface area contributed by atoms with Crippen LogP contribution in [0.2, 0.25) is 0 Å². The maximum absolute atomic E-state index is 13.2. The Balaban J connectivity index is 0.000000297. The highest BCUT2D eigenvalue weighted by atomic mass is 16.5. The molecule has 0 heterocycles. The number of rotatable bonds is 10. The fourth-order valence-corrected chi connectivity index (χ4v) is 4.09. The van der Waals surface area contributed by atoms with Crippen LogP contribution in [0.15, 0.2) is 84.9 Å². The molecule has 0 aliphatic rings. The maximum Gasteiger partial charge on any atom is 0.338 e. The molecule has 3 rings (SSSR count). The van der Waals surface area contributed by atoms with Crippen LogP contribution in [-0.2, 0) is 14.9 Å². The molecule has 36 heavy (non-hydrogen) atoms. The van der Waals surface area contributed by atoms with E-state index in [2.05, 4.69) is 50.2 Å². The van der Waals surface area contributed by atoms with Gasteiger partial charge in [0.05, 0.1) is 17.6 Å². The number of benzene rings is 3. The Morgan fingerprint density at radius 3 is 1.78 bits per heavy atom. The summed E-state index contributed by atoms with van der Waals surface area (Å²) in [6.07, 6.45) is 2.12. The number of phenolic OH excluding ortho intramolecular Hbond substituents is 1. The number of esters is 1. The van der Waals surface area contributed by atoms with E-state index < -0.39 is 5.41 Å². The number of aromatic hydroxyl groups is 1. The summed E-state index contributed by atoms with van der Waals surface area (Å²) >= 11 is 0. The number of carbonyl (C=O) groups excluding carboxylic acids is 2. The summed E-state index contributed by atoms with van der Waals surface area (Å²) in [6.45, 7) is 6.51. The minimum absolute atomic E-state index is 0.145. The van der Waals surface area contributed by atoms with Gasteiger partial charge in [0.1, 0.15) is 11.5 Å². The quantitative estimate of drug-likeness (QED) is 0.341. The summed E-state index contributed by atoms with van der Waals surface area (Å²) in [7, 11) is 4.14. The molecule has 0 aromatic heterocycles.